The molecule has 0 aliphatic carbocycles. The van der Waals surface area contributed by atoms with Crippen LogP contribution in [0.4, 0.5) is 0 Å². The van der Waals surface area contributed by atoms with Gasteiger partial charge in [0.15, 0.2) is 5.25 Å². The molecule has 0 aromatic rings. The van der Waals surface area contributed by atoms with Gasteiger partial charge in [-0.1, -0.05) is 6.92 Å². The first-order valence-corrected chi connectivity index (χ1v) is 7.35. The van der Waals surface area contributed by atoms with Gasteiger partial charge in [0.2, 0.25) is 10.0 Å². The van der Waals surface area contributed by atoms with Gasteiger partial charge >= 0.3 is 5.97 Å². The molecule has 0 radical (unpaired) electrons. The lowest BCUT2D eigenvalue weighted by Gasteiger charge is -2.33. The summed E-state index contributed by atoms with van der Waals surface area (Å²) in [7, 11) is -3.76. The van der Waals surface area contributed by atoms with Crippen molar-refractivity contribution in [2.24, 2.45) is 0 Å². The second-order valence-electron chi connectivity index (χ2n) is 4.23. The summed E-state index contributed by atoms with van der Waals surface area (Å²) in [4.78, 5) is 10.8. The summed E-state index contributed by atoms with van der Waals surface area (Å²) in [5.74, 6) is -1.30. The van der Waals surface area contributed by atoms with E-state index in [1.54, 1.807) is 6.92 Å². The SMILES string of the molecule is CCN(C1CCCNC1)S(=O)(=O)C(C)C(=O)O. The van der Waals surface area contributed by atoms with Crippen molar-refractivity contribution in [3.05, 3.63) is 0 Å². The molecule has 1 rings (SSSR count). The molecule has 17 heavy (non-hydrogen) atoms. The van der Waals surface area contributed by atoms with E-state index in [4.69, 9.17) is 5.11 Å². The molecule has 1 saturated heterocycles. The van der Waals surface area contributed by atoms with Crippen molar-refractivity contribution in [1.29, 1.82) is 0 Å². The predicted octanol–water partition coefficient (Wildman–Crippen LogP) is -0.137. The zero-order chi connectivity index (χ0) is 13.1. The van der Waals surface area contributed by atoms with E-state index in [0.717, 1.165) is 19.4 Å². The van der Waals surface area contributed by atoms with E-state index in [1.165, 1.54) is 11.2 Å². The lowest BCUT2D eigenvalue weighted by molar-refractivity contribution is -0.136. The second kappa shape index (κ2) is 5.79. The molecule has 2 N–H and O–H groups in total. The highest BCUT2D eigenvalue weighted by atomic mass is 32.2. The van der Waals surface area contributed by atoms with Gasteiger partial charge in [-0.25, -0.2) is 8.42 Å². The molecule has 0 spiro atoms. The summed E-state index contributed by atoms with van der Waals surface area (Å²) in [6.07, 6.45) is 1.70. The molecular weight excluding hydrogens is 244 g/mol. The molecule has 1 fully saturated rings. The molecule has 6 nitrogen and oxygen atoms in total. The summed E-state index contributed by atoms with van der Waals surface area (Å²) < 4.78 is 25.6. The van der Waals surface area contributed by atoms with Crippen molar-refractivity contribution >= 4 is 16.0 Å². The highest BCUT2D eigenvalue weighted by Crippen LogP contribution is 2.18. The minimum Gasteiger partial charge on any atom is -0.480 e. The van der Waals surface area contributed by atoms with E-state index in [-0.39, 0.29) is 6.04 Å². The second-order valence-corrected chi connectivity index (χ2v) is 6.43. The Morgan fingerprint density at radius 3 is 2.65 bits per heavy atom. The number of likely N-dealkylation sites (N-methyl/N-ethyl adjacent to an activating group) is 1. The van der Waals surface area contributed by atoms with Gasteiger partial charge in [0.1, 0.15) is 0 Å². The van der Waals surface area contributed by atoms with Crippen LogP contribution in [-0.2, 0) is 14.8 Å². The van der Waals surface area contributed by atoms with Crippen LogP contribution in [0.3, 0.4) is 0 Å². The van der Waals surface area contributed by atoms with Gasteiger partial charge in [0.05, 0.1) is 0 Å². The Kier molecular flexibility index (Phi) is 4.91. The minimum absolute atomic E-state index is 0.124. The fourth-order valence-electron chi connectivity index (χ4n) is 2.06. The molecule has 100 valence electrons. The minimum atomic E-state index is -3.76. The largest absolute Gasteiger partial charge is 0.480 e. The van der Waals surface area contributed by atoms with Crippen molar-refractivity contribution in [3.8, 4) is 0 Å². The zero-order valence-electron chi connectivity index (χ0n) is 10.2. The van der Waals surface area contributed by atoms with E-state index in [2.05, 4.69) is 5.32 Å². The number of sulfonamides is 1. The molecule has 0 bridgehead atoms. The summed E-state index contributed by atoms with van der Waals surface area (Å²) in [6.45, 7) is 4.76. The van der Waals surface area contributed by atoms with E-state index in [0.29, 0.717) is 13.1 Å². The highest BCUT2D eigenvalue weighted by Gasteiger charge is 2.37. The van der Waals surface area contributed by atoms with E-state index >= 15 is 0 Å². The number of carboxylic acid groups (broad SMARTS) is 1. The third-order valence-electron chi connectivity index (χ3n) is 3.11. The number of piperidine rings is 1. The standard InChI is InChI=1S/C10H20N2O4S/c1-3-12(9-5-4-6-11-7-9)17(15,16)8(2)10(13)14/h8-9,11H,3-7H2,1-2H3,(H,13,14). The van der Waals surface area contributed by atoms with Crippen LogP contribution in [-0.4, -0.2) is 54.7 Å². The molecule has 1 aliphatic heterocycles. The quantitative estimate of drug-likeness (QED) is 0.722. The first-order valence-electron chi connectivity index (χ1n) is 5.85. The average molecular weight is 264 g/mol. The van der Waals surface area contributed by atoms with Gasteiger partial charge in [-0.05, 0) is 26.3 Å². The molecule has 0 saturated carbocycles. The Morgan fingerprint density at radius 2 is 2.24 bits per heavy atom. The molecule has 2 atom stereocenters. The molecule has 7 heteroatoms. The van der Waals surface area contributed by atoms with Gasteiger partial charge < -0.3 is 10.4 Å². The molecular formula is C10H20N2O4S. The molecule has 0 aromatic carbocycles. The van der Waals surface area contributed by atoms with Crippen LogP contribution in [0.15, 0.2) is 0 Å². The van der Waals surface area contributed by atoms with Gasteiger partial charge in [-0.2, -0.15) is 4.31 Å². The third-order valence-corrected chi connectivity index (χ3v) is 5.42. The summed E-state index contributed by atoms with van der Waals surface area (Å²) >= 11 is 0. The van der Waals surface area contributed by atoms with Crippen molar-refractivity contribution < 1.29 is 18.3 Å². The number of carboxylic acids is 1. The maximum atomic E-state index is 12.1. The summed E-state index contributed by atoms with van der Waals surface area (Å²) in [5.41, 5.74) is 0. The zero-order valence-corrected chi connectivity index (χ0v) is 11.0. The third kappa shape index (κ3) is 3.17. The highest BCUT2D eigenvalue weighted by molar-refractivity contribution is 7.90. The van der Waals surface area contributed by atoms with Crippen molar-refractivity contribution in [3.63, 3.8) is 0 Å². The monoisotopic (exact) mass is 264 g/mol. The Hall–Kier alpha value is -0.660. The van der Waals surface area contributed by atoms with Gasteiger partial charge in [0, 0.05) is 19.1 Å². The van der Waals surface area contributed by atoms with Gasteiger partial charge in [-0.3, -0.25) is 4.79 Å². The Labute approximate surface area is 102 Å². The van der Waals surface area contributed by atoms with Crippen LogP contribution in [0.25, 0.3) is 0 Å². The molecule has 1 heterocycles. The lowest BCUT2D eigenvalue weighted by atomic mass is 10.1. The van der Waals surface area contributed by atoms with E-state index in [1.807, 2.05) is 0 Å². The number of aliphatic carboxylic acids is 1. The van der Waals surface area contributed by atoms with Crippen LogP contribution in [0, 0.1) is 0 Å². The number of nitrogens with one attached hydrogen (secondary N) is 1. The van der Waals surface area contributed by atoms with Crippen molar-refractivity contribution in [1.82, 2.24) is 9.62 Å². The normalized spacial score (nSPS) is 23.6. The number of carbonyl (C=O) groups is 1. The van der Waals surface area contributed by atoms with Gasteiger partial charge in [0.25, 0.3) is 0 Å². The van der Waals surface area contributed by atoms with Crippen LogP contribution >= 0.6 is 0 Å². The fourth-order valence-corrected chi connectivity index (χ4v) is 3.67. The predicted molar refractivity (Wildman–Crippen MR) is 64.3 cm³/mol. The molecule has 0 aromatic heterocycles. The number of rotatable bonds is 5. The fraction of sp³-hybridized carbons (Fsp3) is 0.900. The Balaban J connectivity index is 2.88. The topological polar surface area (TPSA) is 86.7 Å². The van der Waals surface area contributed by atoms with Crippen LogP contribution in [0.2, 0.25) is 0 Å². The smallest absolute Gasteiger partial charge is 0.323 e. The van der Waals surface area contributed by atoms with Crippen LogP contribution < -0.4 is 5.32 Å². The first kappa shape index (κ1) is 14.4. The maximum Gasteiger partial charge on any atom is 0.323 e. The van der Waals surface area contributed by atoms with E-state index < -0.39 is 21.2 Å². The Morgan fingerprint density at radius 1 is 1.59 bits per heavy atom. The summed E-state index contributed by atoms with van der Waals surface area (Å²) in [5, 5.41) is 10.6. The first-order chi connectivity index (χ1) is 7.91. The molecule has 2 unspecified atom stereocenters. The number of nitrogens with zero attached hydrogens (tertiary/aromatic N) is 1. The summed E-state index contributed by atoms with van der Waals surface area (Å²) in [6, 6.07) is -0.124. The number of hydrogen-bond donors (Lipinski definition) is 2. The van der Waals surface area contributed by atoms with Gasteiger partial charge in [-0.15, -0.1) is 0 Å². The lowest BCUT2D eigenvalue weighted by Crippen LogP contribution is -2.52. The molecule has 1 aliphatic rings. The van der Waals surface area contributed by atoms with Crippen LogP contribution in [0.5, 0.6) is 0 Å². The maximum absolute atomic E-state index is 12.1. The van der Waals surface area contributed by atoms with Crippen molar-refractivity contribution in [2.75, 3.05) is 19.6 Å². The number of hydrogen-bond acceptors (Lipinski definition) is 4. The van der Waals surface area contributed by atoms with Crippen LogP contribution in [0.1, 0.15) is 26.7 Å². The Bertz CT molecular complexity index is 363. The molecule has 0 amide bonds. The van der Waals surface area contributed by atoms with Crippen molar-refractivity contribution in [2.45, 2.75) is 38.0 Å². The average Bonchev–Trinajstić information content (AvgIpc) is 2.29. The van der Waals surface area contributed by atoms with E-state index in [9.17, 15) is 13.2 Å².